The minimum absolute atomic E-state index is 0.270. The van der Waals surface area contributed by atoms with Crippen LogP contribution in [0.25, 0.3) is 0 Å². The van der Waals surface area contributed by atoms with E-state index in [-0.39, 0.29) is 11.8 Å². The molecule has 5 heteroatoms. The topological polar surface area (TPSA) is 41.6 Å². The average Bonchev–Trinajstić information content (AvgIpc) is 2.43. The van der Waals surface area contributed by atoms with E-state index < -0.39 is 5.54 Å². The summed E-state index contributed by atoms with van der Waals surface area (Å²) in [5, 5.41) is 2.97. The summed E-state index contributed by atoms with van der Waals surface area (Å²) >= 11 is 0. The Morgan fingerprint density at radius 2 is 2.21 bits per heavy atom. The number of carbonyl (C=O) groups excluding carboxylic acids is 1. The van der Waals surface area contributed by atoms with Crippen LogP contribution in [0.15, 0.2) is 24.3 Å². The molecule has 1 rings (SSSR count). The fourth-order valence-electron chi connectivity index (χ4n) is 1.79. The molecular weight excluding hydrogens is 247 g/mol. The van der Waals surface area contributed by atoms with Crippen LogP contribution in [-0.4, -0.2) is 39.3 Å². The first-order chi connectivity index (χ1) is 8.92. The van der Waals surface area contributed by atoms with E-state index in [4.69, 9.17) is 4.74 Å². The monoisotopic (exact) mass is 268 g/mol. The van der Waals surface area contributed by atoms with Crippen molar-refractivity contribution in [3.05, 3.63) is 30.1 Å². The number of nitrogens with zero attached hydrogens (tertiary/aromatic N) is 1. The minimum Gasteiger partial charge on any atom is -0.468 e. The van der Waals surface area contributed by atoms with Crippen molar-refractivity contribution in [1.29, 1.82) is 0 Å². The van der Waals surface area contributed by atoms with Crippen LogP contribution in [0, 0.1) is 5.82 Å². The molecule has 0 amide bonds. The standard InChI is InChI=1S/C14H21FN2O2/c1-14(16-2,13(18)19-4)8-9-17(3)12-7-5-6-11(15)10-12/h5-7,10,16H,8-9H2,1-4H3. The first kappa shape index (κ1) is 15.4. The lowest BCUT2D eigenvalue weighted by Gasteiger charge is -2.29. The third-order valence-electron chi connectivity index (χ3n) is 3.38. The Balaban J connectivity index is 2.67. The lowest BCUT2D eigenvalue weighted by molar-refractivity contribution is -0.147. The fourth-order valence-corrected chi connectivity index (χ4v) is 1.79. The van der Waals surface area contributed by atoms with Crippen molar-refractivity contribution >= 4 is 11.7 Å². The molecular formula is C14H21FN2O2. The van der Waals surface area contributed by atoms with Crippen molar-refractivity contribution in [2.75, 3.05) is 32.6 Å². The van der Waals surface area contributed by atoms with E-state index in [0.29, 0.717) is 13.0 Å². The van der Waals surface area contributed by atoms with Crippen molar-refractivity contribution in [1.82, 2.24) is 5.32 Å². The predicted molar refractivity (Wildman–Crippen MR) is 73.8 cm³/mol. The van der Waals surface area contributed by atoms with E-state index in [0.717, 1.165) is 5.69 Å². The number of hydrogen-bond acceptors (Lipinski definition) is 4. The van der Waals surface area contributed by atoms with E-state index in [9.17, 15) is 9.18 Å². The van der Waals surface area contributed by atoms with Gasteiger partial charge in [0.15, 0.2) is 0 Å². The second-order valence-electron chi connectivity index (χ2n) is 4.73. The highest BCUT2D eigenvalue weighted by Gasteiger charge is 2.32. The molecule has 0 saturated carbocycles. The number of halogens is 1. The molecule has 1 aromatic rings. The molecule has 0 aliphatic rings. The van der Waals surface area contributed by atoms with Crippen LogP contribution >= 0.6 is 0 Å². The third kappa shape index (κ3) is 3.92. The zero-order chi connectivity index (χ0) is 14.5. The molecule has 4 nitrogen and oxygen atoms in total. The van der Waals surface area contributed by atoms with Crippen LogP contribution in [0.3, 0.4) is 0 Å². The smallest absolute Gasteiger partial charge is 0.325 e. The second-order valence-corrected chi connectivity index (χ2v) is 4.73. The molecule has 0 spiro atoms. The van der Waals surface area contributed by atoms with E-state index in [1.54, 1.807) is 20.0 Å². The average molecular weight is 268 g/mol. The largest absolute Gasteiger partial charge is 0.468 e. The minimum atomic E-state index is -0.740. The molecule has 1 unspecified atom stereocenters. The number of ether oxygens (including phenoxy) is 1. The Kier molecular flexibility index (Phi) is 5.30. The van der Waals surface area contributed by atoms with E-state index in [1.807, 2.05) is 18.0 Å². The summed E-state index contributed by atoms with van der Waals surface area (Å²) in [6, 6.07) is 6.37. The normalized spacial score (nSPS) is 13.7. The molecule has 0 aliphatic heterocycles. The number of likely N-dealkylation sites (N-methyl/N-ethyl adjacent to an activating group) is 1. The predicted octanol–water partition coefficient (Wildman–Crippen LogP) is 1.80. The van der Waals surface area contributed by atoms with Gasteiger partial charge in [-0.3, -0.25) is 4.79 Å². The zero-order valence-electron chi connectivity index (χ0n) is 11.9. The molecule has 0 aromatic heterocycles. The molecule has 0 radical (unpaired) electrons. The lowest BCUT2D eigenvalue weighted by Crippen LogP contribution is -2.50. The van der Waals surface area contributed by atoms with Gasteiger partial charge in [-0.05, 0) is 38.6 Å². The van der Waals surface area contributed by atoms with Gasteiger partial charge in [0.2, 0.25) is 0 Å². The summed E-state index contributed by atoms with van der Waals surface area (Å²) in [6.45, 7) is 2.40. The quantitative estimate of drug-likeness (QED) is 0.799. The van der Waals surface area contributed by atoms with Gasteiger partial charge in [-0.2, -0.15) is 0 Å². The number of carbonyl (C=O) groups is 1. The zero-order valence-corrected chi connectivity index (χ0v) is 11.9. The SMILES string of the molecule is CNC(C)(CCN(C)c1cccc(F)c1)C(=O)OC. The van der Waals surface area contributed by atoms with Gasteiger partial charge in [0.25, 0.3) is 0 Å². The Morgan fingerprint density at radius 1 is 1.53 bits per heavy atom. The Labute approximate surface area is 113 Å². The highest BCUT2D eigenvalue weighted by molar-refractivity contribution is 5.80. The van der Waals surface area contributed by atoms with E-state index >= 15 is 0 Å². The molecule has 0 aliphatic carbocycles. The van der Waals surface area contributed by atoms with Gasteiger partial charge in [-0.25, -0.2) is 4.39 Å². The van der Waals surface area contributed by atoms with E-state index in [2.05, 4.69) is 5.32 Å². The van der Waals surface area contributed by atoms with Gasteiger partial charge < -0.3 is 15.0 Å². The number of rotatable bonds is 6. The van der Waals surface area contributed by atoms with Gasteiger partial charge in [-0.15, -0.1) is 0 Å². The number of methoxy groups -OCH3 is 1. The van der Waals surface area contributed by atoms with Gasteiger partial charge >= 0.3 is 5.97 Å². The maximum Gasteiger partial charge on any atom is 0.325 e. The van der Waals surface area contributed by atoms with Crippen LogP contribution in [0.5, 0.6) is 0 Å². The number of esters is 1. The van der Waals surface area contributed by atoms with Crippen LogP contribution in [0.1, 0.15) is 13.3 Å². The Bertz CT molecular complexity index is 439. The number of nitrogens with one attached hydrogen (secondary N) is 1. The van der Waals surface area contributed by atoms with Crippen molar-refractivity contribution in [3.8, 4) is 0 Å². The Hall–Kier alpha value is -1.62. The lowest BCUT2D eigenvalue weighted by atomic mass is 9.98. The van der Waals surface area contributed by atoms with Gasteiger partial charge in [0.1, 0.15) is 11.4 Å². The number of hydrogen-bond donors (Lipinski definition) is 1. The summed E-state index contributed by atoms with van der Waals surface area (Å²) in [4.78, 5) is 13.6. The van der Waals surface area contributed by atoms with Crippen LogP contribution in [0.4, 0.5) is 10.1 Å². The second kappa shape index (κ2) is 6.52. The maximum atomic E-state index is 13.1. The highest BCUT2D eigenvalue weighted by Crippen LogP contribution is 2.17. The summed E-state index contributed by atoms with van der Waals surface area (Å²) < 4.78 is 17.9. The molecule has 0 bridgehead atoms. The first-order valence-electron chi connectivity index (χ1n) is 6.17. The number of benzene rings is 1. The molecule has 1 N–H and O–H groups in total. The van der Waals surface area contributed by atoms with Gasteiger partial charge in [0.05, 0.1) is 7.11 Å². The van der Waals surface area contributed by atoms with Crippen LogP contribution < -0.4 is 10.2 Å². The molecule has 0 saturated heterocycles. The van der Waals surface area contributed by atoms with Crippen molar-refractivity contribution in [3.63, 3.8) is 0 Å². The van der Waals surface area contributed by atoms with E-state index in [1.165, 1.54) is 19.2 Å². The van der Waals surface area contributed by atoms with Crippen molar-refractivity contribution < 1.29 is 13.9 Å². The molecule has 0 fully saturated rings. The van der Waals surface area contributed by atoms with Crippen molar-refractivity contribution in [2.24, 2.45) is 0 Å². The summed E-state index contributed by atoms with van der Waals surface area (Å²) in [7, 11) is 4.95. The third-order valence-corrected chi connectivity index (χ3v) is 3.38. The first-order valence-corrected chi connectivity index (χ1v) is 6.17. The van der Waals surface area contributed by atoms with Crippen LogP contribution in [-0.2, 0) is 9.53 Å². The molecule has 19 heavy (non-hydrogen) atoms. The molecule has 1 atom stereocenters. The highest BCUT2D eigenvalue weighted by atomic mass is 19.1. The summed E-state index contributed by atoms with van der Waals surface area (Å²) in [6.07, 6.45) is 0.559. The maximum absolute atomic E-state index is 13.1. The van der Waals surface area contributed by atoms with Crippen LogP contribution in [0.2, 0.25) is 0 Å². The Morgan fingerprint density at radius 3 is 2.74 bits per heavy atom. The summed E-state index contributed by atoms with van der Waals surface area (Å²) in [5.41, 5.74) is 0.0411. The fraction of sp³-hybridized carbons (Fsp3) is 0.500. The van der Waals surface area contributed by atoms with Crippen molar-refractivity contribution in [2.45, 2.75) is 18.9 Å². The molecule has 1 aromatic carbocycles. The van der Waals surface area contributed by atoms with Gasteiger partial charge in [-0.1, -0.05) is 6.07 Å². The summed E-state index contributed by atoms with van der Waals surface area (Å²) in [5.74, 6) is -0.573. The molecule has 0 heterocycles. The van der Waals surface area contributed by atoms with Gasteiger partial charge in [0, 0.05) is 19.3 Å². The molecule has 106 valence electrons. The number of anilines is 1.